The minimum absolute atomic E-state index is 0.0457. The number of halogens is 5. The third-order valence-corrected chi connectivity index (χ3v) is 5.07. The first-order chi connectivity index (χ1) is 11.1. The van der Waals surface area contributed by atoms with Crippen LogP contribution in [0.25, 0.3) is 0 Å². The lowest BCUT2D eigenvalue weighted by Gasteiger charge is -2.15. The van der Waals surface area contributed by atoms with Crippen LogP contribution >= 0.6 is 30.0 Å². The van der Waals surface area contributed by atoms with Crippen LogP contribution in [-0.4, -0.2) is 0 Å². The van der Waals surface area contributed by atoms with E-state index in [9.17, 15) is 17.7 Å². The second-order valence-corrected chi connectivity index (χ2v) is 7.44. The van der Waals surface area contributed by atoms with E-state index in [4.69, 9.17) is 33.3 Å². The van der Waals surface area contributed by atoms with Crippen LogP contribution in [0.1, 0.15) is 18.1 Å². The molecule has 0 aliphatic carbocycles. The summed E-state index contributed by atoms with van der Waals surface area (Å²) in [6.45, 7) is 1.85. The molecule has 0 saturated carbocycles. The van der Waals surface area contributed by atoms with E-state index in [1.807, 2.05) is 6.92 Å². The molecule has 0 amide bonds. The zero-order valence-electron chi connectivity index (χ0n) is 12.4. The molecule has 0 spiro atoms. The van der Waals surface area contributed by atoms with Crippen molar-refractivity contribution in [3.05, 3.63) is 46.5 Å². The van der Waals surface area contributed by atoms with Crippen molar-refractivity contribution in [2.75, 3.05) is 5.73 Å². The van der Waals surface area contributed by atoms with Crippen molar-refractivity contribution in [3.63, 3.8) is 0 Å². The summed E-state index contributed by atoms with van der Waals surface area (Å²) in [6.07, 6.45) is -3.95. The van der Waals surface area contributed by atoms with Crippen LogP contribution in [0.4, 0.5) is 18.9 Å². The van der Waals surface area contributed by atoms with Crippen molar-refractivity contribution in [3.8, 4) is 11.5 Å². The molecular formula is C15H13Cl2F3NO2P. The Bertz CT molecular complexity index is 797. The van der Waals surface area contributed by atoms with Crippen molar-refractivity contribution >= 4 is 41.0 Å². The number of rotatable bonds is 4. The average Bonchev–Trinajstić information content (AvgIpc) is 2.49. The molecular weight excluding hydrogens is 385 g/mol. The van der Waals surface area contributed by atoms with E-state index in [0.717, 1.165) is 18.2 Å². The Hall–Kier alpha value is -1.36. The maximum atomic E-state index is 12.7. The Morgan fingerprint density at radius 2 is 1.88 bits per heavy atom. The van der Waals surface area contributed by atoms with Crippen molar-refractivity contribution in [2.45, 2.75) is 19.5 Å². The molecule has 1 atom stereocenters. The van der Waals surface area contributed by atoms with Crippen molar-refractivity contribution < 1.29 is 22.5 Å². The molecule has 0 bridgehead atoms. The molecule has 1 unspecified atom stereocenters. The highest BCUT2D eigenvalue weighted by Gasteiger charge is 2.31. The molecule has 24 heavy (non-hydrogen) atoms. The number of anilines is 1. The van der Waals surface area contributed by atoms with E-state index in [1.54, 1.807) is 6.07 Å². The second kappa shape index (κ2) is 7.26. The van der Waals surface area contributed by atoms with E-state index in [2.05, 4.69) is 0 Å². The van der Waals surface area contributed by atoms with Gasteiger partial charge in [0.2, 0.25) is 0 Å². The van der Waals surface area contributed by atoms with Crippen molar-refractivity contribution in [1.29, 1.82) is 0 Å². The molecule has 0 aliphatic rings. The summed E-state index contributed by atoms with van der Waals surface area (Å²) in [5, 5.41) is 0.0423. The predicted molar refractivity (Wildman–Crippen MR) is 91.2 cm³/mol. The molecule has 0 aromatic heterocycles. The molecule has 9 heteroatoms. The van der Waals surface area contributed by atoms with E-state index in [0.29, 0.717) is 17.7 Å². The summed E-state index contributed by atoms with van der Waals surface area (Å²) < 4.78 is 55.2. The number of hydrogen-bond acceptors (Lipinski definition) is 3. The van der Waals surface area contributed by atoms with Crippen LogP contribution in [0.5, 0.6) is 11.5 Å². The number of benzene rings is 2. The number of aryl methyl sites for hydroxylation is 1. The largest absolute Gasteiger partial charge is 0.455 e. The highest BCUT2D eigenvalue weighted by atomic mass is 35.7. The van der Waals surface area contributed by atoms with Gasteiger partial charge in [0.1, 0.15) is 11.5 Å². The lowest BCUT2D eigenvalue weighted by atomic mass is 10.1. The first-order valence-corrected chi connectivity index (χ1v) is 9.60. The molecule has 0 heterocycles. The fourth-order valence-corrected chi connectivity index (χ4v) is 3.32. The quantitative estimate of drug-likeness (QED) is 0.536. The Morgan fingerprint density at radius 1 is 1.21 bits per heavy atom. The van der Waals surface area contributed by atoms with Crippen LogP contribution in [0.3, 0.4) is 0 Å². The van der Waals surface area contributed by atoms with Gasteiger partial charge in [-0.1, -0.05) is 29.8 Å². The zero-order chi connectivity index (χ0) is 18.1. The van der Waals surface area contributed by atoms with Crippen LogP contribution in [0.2, 0.25) is 5.02 Å². The van der Waals surface area contributed by atoms with Crippen LogP contribution < -0.4 is 15.8 Å². The van der Waals surface area contributed by atoms with Crippen LogP contribution in [-0.2, 0) is 17.2 Å². The molecule has 0 aliphatic heterocycles. The molecule has 0 radical (unpaired) electrons. The molecule has 2 N–H and O–H groups in total. The van der Waals surface area contributed by atoms with E-state index in [1.165, 1.54) is 6.07 Å². The number of hydrogen-bond donors (Lipinski definition) is 1. The lowest BCUT2D eigenvalue weighted by molar-refractivity contribution is -0.137. The number of ether oxygens (including phenoxy) is 1. The third-order valence-electron chi connectivity index (χ3n) is 3.30. The van der Waals surface area contributed by atoms with E-state index < -0.39 is 18.9 Å². The summed E-state index contributed by atoms with van der Waals surface area (Å²) in [5.74, 6) is 0.340. The summed E-state index contributed by atoms with van der Waals surface area (Å²) in [6, 6.07) is 5.79. The first kappa shape index (κ1) is 19.0. The van der Waals surface area contributed by atoms with E-state index in [-0.39, 0.29) is 21.8 Å². The lowest BCUT2D eigenvalue weighted by Crippen LogP contribution is -2.07. The topological polar surface area (TPSA) is 52.3 Å². The smallest absolute Gasteiger partial charge is 0.416 e. The Morgan fingerprint density at radius 3 is 2.38 bits per heavy atom. The highest BCUT2D eigenvalue weighted by molar-refractivity contribution is 7.80. The van der Waals surface area contributed by atoms with Gasteiger partial charge in [0.15, 0.2) is 7.15 Å². The van der Waals surface area contributed by atoms with Gasteiger partial charge in [-0.3, -0.25) is 0 Å². The number of nitrogen functional groups attached to an aromatic ring is 1. The van der Waals surface area contributed by atoms with Gasteiger partial charge >= 0.3 is 6.18 Å². The first-order valence-electron chi connectivity index (χ1n) is 6.80. The summed E-state index contributed by atoms with van der Waals surface area (Å²) in [7, 11) is -2.58. The average molecular weight is 398 g/mol. The van der Waals surface area contributed by atoms with Crippen molar-refractivity contribution in [1.82, 2.24) is 0 Å². The predicted octanol–water partition coefficient (Wildman–Crippen LogP) is 5.63. The van der Waals surface area contributed by atoms with Gasteiger partial charge in [-0.05, 0) is 42.3 Å². The van der Waals surface area contributed by atoms with Crippen molar-refractivity contribution in [2.24, 2.45) is 0 Å². The minimum atomic E-state index is -4.50. The number of alkyl halides is 3. The fraction of sp³-hybridized carbons (Fsp3) is 0.200. The van der Waals surface area contributed by atoms with Crippen LogP contribution in [0.15, 0.2) is 30.3 Å². The summed E-state index contributed by atoms with van der Waals surface area (Å²) in [4.78, 5) is 0. The monoisotopic (exact) mass is 397 g/mol. The highest BCUT2D eigenvalue weighted by Crippen LogP contribution is 2.38. The van der Waals surface area contributed by atoms with Gasteiger partial charge in [0, 0.05) is 11.0 Å². The zero-order valence-corrected chi connectivity index (χ0v) is 14.9. The van der Waals surface area contributed by atoms with Gasteiger partial charge in [0.25, 0.3) is 0 Å². The van der Waals surface area contributed by atoms with E-state index >= 15 is 0 Å². The SMILES string of the molecule is CCc1cc(N)c([PH](=O)Cl)cc1Oc1ccc(C(F)(F)F)cc1Cl. The normalized spacial score (nSPS) is 12.9. The summed E-state index contributed by atoms with van der Waals surface area (Å²) in [5.41, 5.74) is 5.88. The minimum Gasteiger partial charge on any atom is -0.455 e. The maximum absolute atomic E-state index is 12.7. The molecule has 2 rings (SSSR count). The molecule has 3 nitrogen and oxygen atoms in total. The number of nitrogens with two attached hydrogens (primary N) is 1. The Balaban J connectivity index is 2.44. The maximum Gasteiger partial charge on any atom is 0.416 e. The second-order valence-electron chi connectivity index (χ2n) is 4.92. The Kier molecular flexibility index (Phi) is 5.74. The molecule has 2 aromatic carbocycles. The molecule has 0 fully saturated rings. The standard InChI is InChI=1S/C15H13Cl2F3NO2P/c1-2-8-5-11(21)14(24(17)22)7-13(8)23-12-4-3-9(6-10(12)16)15(18,19)20/h3-7,24H,2,21H2,1H3. The summed E-state index contributed by atoms with van der Waals surface area (Å²) >= 11 is 11.5. The molecule has 130 valence electrons. The van der Waals surface area contributed by atoms with Gasteiger partial charge in [-0.25, -0.2) is 0 Å². The van der Waals surface area contributed by atoms with Gasteiger partial charge in [-0.15, -0.1) is 0 Å². The Labute approximate surface area is 147 Å². The van der Waals surface area contributed by atoms with Crippen LogP contribution in [0, 0.1) is 0 Å². The molecule has 2 aromatic rings. The van der Waals surface area contributed by atoms with Gasteiger partial charge in [0.05, 0.1) is 10.6 Å². The van der Waals surface area contributed by atoms with Gasteiger partial charge < -0.3 is 15.0 Å². The van der Waals surface area contributed by atoms with Gasteiger partial charge in [-0.2, -0.15) is 13.2 Å². The fourth-order valence-electron chi connectivity index (χ4n) is 2.06. The third kappa shape index (κ3) is 4.18. The molecule has 0 saturated heterocycles.